The van der Waals surface area contributed by atoms with Crippen LogP contribution in [0.5, 0.6) is 11.5 Å². The Labute approximate surface area is 131 Å². The van der Waals surface area contributed by atoms with E-state index in [1.807, 2.05) is 36.4 Å². The first-order valence-corrected chi connectivity index (χ1v) is 7.57. The number of halogens is 1. The number of aliphatic hydroxyl groups excluding tert-OH is 1. The standard InChI is InChI=1S/C16H16BrNO3/c17-14-7-12(8-15-16(14)21-5-4-20-15)9-18-13-3-1-2-11(6-13)10-19/h1-3,6-8,18-19H,4-5,9-10H2. The van der Waals surface area contributed by atoms with Crippen molar-refractivity contribution in [2.24, 2.45) is 0 Å². The Morgan fingerprint density at radius 2 is 1.95 bits per heavy atom. The number of ether oxygens (including phenoxy) is 2. The van der Waals surface area contributed by atoms with E-state index in [4.69, 9.17) is 14.6 Å². The number of nitrogens with one attached hydrogen (secondary N) is 1. The molecule has 1 aliphatic heterocycles. The van der Waals surface area contributed by atoms with Crippen LogP contribution in [0.2, 0.25) is 0 Å². The maximum absolute atomic E-state index is 9.15. The van der Waals surface area contributed by atoms with Crippen LogP contribution < -0.4 is 14.8 Å². The molecule has 4 nitrogen and oxygen atoms in total. The van der Waals surface area contributed by atoms with E-state index in [9.17, 15) is 0 Å². The van der Waals surface area contributed by atoms with Crippen molar-refractivity contribution in [3.8, 4) is 11.5 Å². The van der Waals surface area contributed by atoms with Gasteiger partial charge in [0, 0.05) is 12.2 Å². The quantitative estimate of drug-likeness (QED) is 0.888. The first-order valence-electron chi connectivity index (χ1n) is 6.78. The SMILES string of the molecule is OCc1cccc(NCc2cc(Br)c3c(c2)OCCO3)c1. The molecule has 0 saturated carbocycles. The lowest BCUT2D eigenvalue weighted by atomic mass is 10.1. The lowest BCUT2D eigenvalue weighted by molar-refractivity contribution is 0.170. The third-order valence-corrected chi connectivity index (χ3v) is 3.85. The Bertz CT molecular complexity index is 645. The number of fused-ring (bicyclic) bond motifs is 1. The fourth-order valence-corrected chi connectivity index (χ4v) is 2.85. The molecule has 2 N–H and O–H groups in total. The van der Waals surface area contributed by atoms with Crippen LogP contribution >= 0.6 is 15.9 Å². The Hall–Kier alpha value is -1.72. The molecule has 2 aromatic carbocycles. The molecule has 0 aromatic heterocycles. The summed E-state index contributed by atoms with van der Waals surface area (Å²) in [5.74, 6) is 1.55. The predicted octanol–water partition coefficient (Wildman–Crippen LogP) is 3.32. The zero-order chi connectivity index (χ0) is 14.7. The van der Waals surface area contributed by atoms with Crippen molar-refractivity contribution in [3.05, 3.63) is 52.0 Å². The van der Waals surface area contributed by atoms with Gasteiger partial charge in [-0.3, -0.25) is 0 Å². The van der Waals surface area contributed by atoms with Gasteiger partial charge in [0.1, 0.15) is 13.2 Å². The largest absolute Gasteiger partial charge is 0.486 e. The average Bonchev–Trinajstić information content (AvgIpc) is 2.53. The Morgan fingerprint density at radius 1 is 1.10 bits per heavy atom. The Morgan fingerprint density at radius 3 is 2.81 bits per heavy atom. The summed E-state index contributed by atoms with van der Waals surface area (Å²) in [6, 6.07) is 11.7. The minimum Gasteiger partial charge on any atom is -0.486 e. The summed E-state index contributed by atoms with van der Waals surface area (Å²) < 4.78 is 12.1. The highest BCUT2D eigenvalue weighted by atomic mass is 79.9. The Balaban J connectivity index is 1.74. The van der Waals surface area contributed by atoms with E-state index in [2.05, 4.69) is 21.2 Å². The van der Waals surface area contributed by atoms with Crippen molar-refractivity contribution < 1.29 is 14.6 Å². The molecular weight excluding hydrogens is 334 g/mol. The summed E-state index contributed by atoms with van der Waals surface area (Å²) in [4.78, 5) is 0. The van der Waals surface area contributed by atoms with Gasteiger partial charge in [0.05, 0.1) is 11.1 Å². The van der Waals surface area contributed by atoms with E-state index in [-0.39, 0.29) is 6.61 Å². The summed E-state index contributed by atoms with van der Waals surface area (Å²) >= 11 is 3.52. The average molecular weight is 350 g/mol. The van der Waals surface area contributed by atoms with Gasteiger partial charge in [-0.05, 0) is 51.3 Å². The van der Waals surface area contributed by atoms with Crippen LogP contribution in [0.25, 0.3) is 0 Å². The van der Waals surface area contributed by atoms with Gasteiger partial charge >= 0.3 is 0 Å². The molecule has 5 heteroatoms. The van der Waals surface area contributed by atoms with Crippen molar-refractivity contribution in [1.29, 1.82) is 0 Å². The lowest BCUT2D eigenvalue weighted by Crippen LogP contribution is -2.16. The van der Waals surface area contributed by atoms with Gasteiger partial charge in [-0.25, -0.2) is 0 Å². The second-order valence-corrected chi connectivity index (χ2v) is 5.67. The van der Waals surface area contributed by atoms with E-state index >= 15 is 0 Å². The predicted molar refractivity (Wildman–Crippen MR) is 84.8 cm³/mol. The zero-order valence-electron chi connectivity index (χ0n) is 11.4. The molecule has 0 fully saturated rings. The van der Waals surface area contributed by atoms with Crippen molar-refractivity contribution >= 4 is 21.6 Å². The third-order valence-electron chi connectivity index (χ3n) is 3.26. The molecule has 1 aliphatic rings. The number of hydrogen-bond acceptors (Lipinski definition) is 4. The summed E-state index contributed by atoms with van der Waals surface area (Å²) in [5, 5.41) is 12.5. The molecule has 0 atom stereocenters. The smallest absolute Gasteiger partial charge is 0.175 e. The Kier molecular flexibility index (Phi) is 4.31. The van der Waals surface area contributed by atoms with Gasteiger partial charge in [0.2, 0.25) is 0 Å². The van der Waals surface area contributed by atoms with Crippen LogP contribution in [0.4, 0.5) is 5.69 Å². The molecular formula is C16H16BrNO3. The van der Waals surface area contributed by atoms with E-state index < -0.39 is 0 Å². The van der Waals surface area contributed by atoms with Crippen LogP contribution in [0.1, 0.15) is 11.1 Å². The van der Waals surface area contributed by atoms with Gasteiger partial charge in [-0.1, -0.05) is 12.1 Å². The minimum absolute atomic E-state index is 0.0467. The lowest BCUT2D eigenvalue weighted by Gasteiger charge is -2.20. The highest BCUT2D eigenvalue weighted by molar-refractivity contribution is 9.10. The summed E-state index contributed by atoms with van der Waals surface area (Å²) in [5.41, 5.74) is 2.97. The van der Waals surface area contributed by atoms with Crippen molar-refractivity contribution in [3.63, 3.8) is 0 Å². The van der Waals surface area contributed by atoms with Gasteiger partial charge in [0.25, 0.3) is 0 Å². The van der Waals surface area contributed by atoms with Crippen LogP contribution in [0.15, 0.2) is 40.9 Å². The molecule has 0 radical (unpaired) electrons. The highest BCUT2D eigenvalue weighted by Gasteiger charge is 2.16. The maximum atomic E-state index is 9.15. The molecule has 0 unspecified atom stereocenters. The van der Waals surface area contributed by atoms with E-state index in [0.717, 1.165) is 32.8 Å². The molecule has 1 heterocycles. The first kappa shape index (κ1) is 14.2. The number of hydrogen-bond donors (Lipinski definition) is 2. The summed E-state index contributed by atoms with van der Waals surface area (Å²) in [6.45, 7) is 1.88. The number of rotatable bonds is 4. The highest BCUT2D eigenvalue weighted by Crippen LogP contribution is 2.38. The summed E-state index contributed by atoms with van der Waals surface area (Å²) in [6.07, 6.45) is 0. The van der Waals surface area contributed by atoms with Crippen LogP contribution in [0.3, 0.4) is 0 Å². The van der Waals surface area contributed by atoms with Crippen molar-refractivity contribution in [2.75, 3.05) is 18.5 Å². The number of aliphatic hydroxyl groups is 1. The van der Waals surface area contributed by atoms with Gasteiger partial charge < -0.3 is 19.9 Å². The minimum atomic E-state index is 0.0467. The van der Waals surface area contributed by atoms with Gasteiger partial charge in [0.15, 0.2) is 11.5 Å². The first-order chi connectivity index (χ1) is 10.3. The molecule has 0 amide bonds. The van der Waals surface area contributed by atoms with Crippen molar-refractivity contribution in [2.45, 2.75) is 13.2 Å². The van der Waals surface area contributed by atoms with E-state index in [0.29, 0.717) is 19.8 Å². The van der Waals surface area contributed by atoms with E-state index in [1.165, 1.54) is 0 Å². The van der Waals surface area contributed by atoms with E-state index in [1.54, 1.807) is 0 Å². The zero-order valence-corrected chi connectivity index (χ0v) is 13.0. The van der Waals surface area contributed by atoms with Gasteiger partial charge in [-0.2, -0.15) is 0 Å². The molecule has 110 valence electrons. The summed E-state index contributed by atoms with van der Waals surface area (Å²) in [7, 11) is 0. The second-order valence-electron chi connectivity index (χ2n) is 4.81. The normalized spacial score (nSPS) is 13.0. The van der Waals surface area contributed by atoms with Crippen LogP contribution in [-0.4, -0.2) is 18.3 Å². The van der Waals surface area contributed by atoms with Crippen LogP contribution in [0, 0.1) is 0 Å². The third kappa shape index (κ3) is 3.31. The second kappa shape index (κ2) is 6.37. The molecule has 0 aliphatic carbocycles. The topological polar surface area (TPSA) is 50.7 Å². The molecule has 0 bridgehead atoms. The molecule has 2 aromatic rings. The molecule has 3 rings (SSSR count). The van der Waals surface area contributed by atoms with Gasteiger partial charge in [-0.15, -0.1) is 0 Å². The van der Waals surface area contributed by atoms with Crippen molar-refractivity contribution in [1.82, 2.24) is 0 Å². The number of benzene rings is 2. The molecule has 21 heavy (non-hydrogen) atoms. The van der Waals surface area contributed by atoms with Crippen LogP contribution in [-0.2, 0) is 13.2 Å². The maximum Gasteiger partial charge on any atom is 0.175 e. The number of anilines is 1. The molecule has 0 saturated heterocycles. The monoisotopic (exact) mass is 349 g/mol. The molecule has 0 spiro atoms. The fraction of sp³-hybridized carbons (Fsp3) is 0.250. The fourth-order valence-electron chi connectivity index (χ4n) is 2.25.